The minimum atomic E-state index is -1.28. The van der Waals surface area contributed by atoms with E-state index in [1.54, 1.807) is 51.3 Å². The lowest BCUT2D eigenvalue weighted by molar-refractivity contribution is 0.00680. The fourth-order valence-electron chi connectivity index (χ4n) is 3.86. The zero-order chi connectivity index (χ0) is 26.2. The van der Waals surface area contributed by atoms with Gasteiger partial charge in [-0.15, -0.1) is 0 Å². The van der Waals surface area contributed by atoms with Crippen LogP contribution in [0, 0.1) is 12.7 Å². The summed E-state index contributed by atoms with van der Waals surface area (Å²) in [5.41, 5.74) is -1.56. The zero-order valence-corrected chi connectivity index (χ0v) is 21.3. The summed E-state index contributed by atoms with van der Waals surface area (Å²) in [6.45, 7) is 8.68. The number of pyridine rings is 1. The van der Waals surface area contributed by atoms with Crippen molar-refractivity contribution in [2.45, 2.75) is 46.8 Å². The van der Waals surface area contributed by atoms with Crippen LogP contribution in [0.1, 0.15) is 54.1 Å². The summed E-state index contributed by atoms with van der Waals surface area (Å²) in [4.78, 5) is 38.8. The Hall–Kier alpha value is -3.16. The van der Waals surface area contributed by atoms with Crippen LogP contribution in [-0.2, 0) is 11.3 Å². The maximum Gasteiger partial charge on any atom is 0.344 e. The molecular formula is C26H24Cl2FNO5. The average molecular weight is 520 g/mol. The van der Waals surface area contributed by atoms with Crippen LogP contribution in [0.25, 0.3) is 22.4 Å². The third-order valence-corrected chi connectivity index (χ3v) is 6.06. The molecule has 1 aromatic heterocycles. The molecule has 2 aromatic carbocycles. The van der Waals surface area contributed by atoms with E-state index in [-0.39, 0.29) is 33.0 Å². The summed E-state index contributed by atoms with van der Waals surface area (Å²) < 4.78 is 22.2. The summed E-state index contributed by atoms with van der Waals surface area (Å²) in [5, 5.41) is 9.91. The van der Waals surface area contributed by atoms with Crippen LogP contribution in [0.2, 0.25) is 10.0 Å². The van der Waals surface area contributed by atoms with E-state index in [4.69, 9.17) is 27.9 Å². The van der Waals surface area contributed by atoms with E-state index >= 15 is 0 Å². The van der Waals surface area contributed by atoms with Crippen LogP contribution >= 0.6 is 23.2 Å². The van der Waals surface area contributed by atoms with Gasteiger partial charge in [-0.1, -0.05) is 29.3 Å². The first-order valence-corrected chi connectivity index (χ1v) is 11.5. The van der Waals surface area contributed by atoms with Crippen molar-refractivity contribution in [2.75, 3.05) is 0 Å². The van der Waals surface area contributed by atoms with Crippen molar-refractivity contribution in [2.24, 2.45) is 0 Å². The molecule has 0 bridgehead atoms. The standard InChI is InChI=1S/C26H24Cl2FNO5/c1-6-30-13(2)20(16-11-15(24(32)33)8-10-19(16)29)23(31)21(25(34)35-26(3,4)5)22(30)14-7-9-17(27)18(28)12-14/h7-12H,6H2,1-5H3,(H,32,33). The van der Waals surface area contributed by atoms with E-state index in [9.17, 15) is 23.9 Å². The van der Waals surface area contributed by atoms with Gasteiger partial charge in [-0.05, 0) is 65.0 Å². The first-order valence-electron chi connectivity index (χ1n) is 10.8. The van der Waals surface area contributed by atoms with E-state index in [0.29, 0.717) is 22.8 Å². The van der Waals surface area contributed by atoms with Crippen molar-refractivity contribution in [3.8, 4) is 22.4 Å². The van der Waals surface area contributed by atoms with Crippen LogP contribution in [0.15, 0.2) is 41.2 Å². The van der Waals surface area contributed by atoms with Gasteiger partial charge in [0.05, 0.1) is 26.9 Å². The van der Waals surface area contributed by atoms with Gasteiger partial charge in [-0.2, -0.15) is 0 Å². The third-order valence-electron chi connectivity index (χ3n) is 5.32. The molecular weight excluding hydrogens is 496 g/mol. The molecule has 0 radical (unpaired) electrons. The van der Waals surface area contributed by atoms with Crippen LogP contribution in [-0.4, -0.2) is 27.2 Å². The van der Waals surface area contributed by atoms with E-state index < -0.39 is 28.8 Å². The molecule has 0 unspecified atom stereocenters. The van der Waals surface area contributed by atoms with Gasteiger partial charge in [-0.3, -0.25) is 4.79 Å². The third kappa shape index (κ3) is 5.26. The molecule has 0 aliphatic carbocycles. The molecule has 0 fully saturated rings. The highest BCUT2D eigenvalue weighted by Crippen LogP contribution is 2.34. The summed E-state index contributed by atoms with van der Waals surface area (Å²) in [5.74, 6) is -2.98. The molecule has 0 amide bonds. The lowest BCUT2D eigenvalue weighted by atomic mass is 9.94. The summed E-state index contributed by atoms with van der Waals surface area (Å²) in [7, 11) is 0. The second kappa shape index (κ2) is 9.84. The van der Waals surface area contributed by atoms with Gasteiger partial charge in [0.25, 0.3) is 0 Å². The summed E-state index contributed by atoms with van der Waals surface area (Å²) in [6.07, 6.45) is 0. The minimum Gasteiger partial charge on any atom is -0.478 e. The molecule has 1 heterocycles. The monoisotopic (exact) mass is 519 g/mol. The van der Waals surface area contributed by atoms with Crippen molar-refractivity contribution in [1.82, 2.24) is 4.57 Å². The van der Waals surface area contributed by atoms with Gasteiger partial charge < -0.3 is 14.4 Å². The van der Waals surface area contributed by atoms with Gasteiger partial charge in [0.15, 0.2) is 0 Å². The Morgan fingerprint density at radius 3 is 2.29 bits per heavy atom. The van der Waals surface area contributed by atoms with E-state index in [1.807, 2.05) is 0 Å². The molecule has 3 rings (SSSR count). The lowest BCUT2D eigenvalue weighted by Gasteiger charge is -2.25. The van der Waals surface area contributed by atoms with Crippen LogP contribution in [0.5, 0.6) is 0 Å². The second-order valence-corrected chi connectivity index (χ2v) is 9.70. The van der Waals surface area contributed by atoms with Crippen molar-refractivity contribution in [3.05, 3.63) is 79.3 Å². The van der Waals surface area contributed by atoms with Gasteiger partial charge in [0.2, 0.25) is 5.43 Å². The Balaban J connectivity index is 2.50. The van der Waals surface area contributed by atoms with Crippen LogP contribution in [0.4, 0.5) is 4.39 Å². The van der Waals surface area contributed by atoms with E-state index in [2.05, 4.69) is 0 Å². The Bertz CT molecular complexity index is 1410. The smallest absolute Gasteiger partial charge is 0.344 e. The number of carbonyl (C=O) groups is 2. The molecule has 6 nitrogen and oxygen atoms in total. The molecule has 0 aliphatic rings. The molecule has 0 spiro atoms. The molecule has 184 valence electrons. The fraction of sp³-hybridized carbons (Fsp3) is 0.269. The number of aromatic nitrogens is 1. The number of hydrogen-bond acceptors (Lipinski definition) is 4. The van der Waals surface area contributed by atoms with Crippen molar-refractivity contribution >= 4 is 35.1 Å². The maximum atomic E-state index is 14.9. The number of carboxylic acids is 1. The number of halogens is 3. The molecule has 0 saturated carbocycles. The molecule has 35 heavy (non-hydrogen) atoms. The summed E-state index contributed by atoms with van der Waals surface area (Å²) >= 11 is 12.3. The highest BCUT2D eigenvalue weighted by molar-refractivity contribution is 6.42. The number of nitrogens with zero attached hydrogens (tertiary/aromatic N) is 1. The SMILES string of the molecule is CCn1c(C)c(-c2cc(C(=O)O)ccc2F)c(=O)c(C(=O)OC(C)(C)C)c1-c1ccc(Cl)c(Cl)c1. The highest BCUT2D eigenvalue weighted by atomic mass is 35.5. The number of rotatable bonds is 5. The van der Waals surface area contributed by atoms with Crippen LogP contribution in [0.3, 0.4) is 0 Å². The Labute approximate surface area is 211 Å². The Kier molecular flexibility index (Phi) is 7.43. The molecule has 0 aliphatic heterocycles. The topological polar surface area (TPSA) is 85.6 Å². The van der Waals surface area contributed by atoms with E-state index in [0.717, 1.165) is 18.2 Å². The Morgan fingerprint density at radius 2 is 1.74 bits per heavy atom. The number of ether oxygens (including phenoxy) is 1. The Morgan fingerprint density at radius 1 is 1.09 bits per heavy atom. The van der Waals surface area contributed by atoms with Gasteiger partial charge in [0.1, 0.15) is 17.0 Å². The van der Waals surface area contributed by atoms with Crippen molar-refractivity contribution in [1.29, 1.82) is 0 Å². The second-order valence-electron chi connectivity index (χ2n) is 8.89. The van der Waals surface area contributed by atoms with E-state index in [1.165, 1.54) is 6.07 Å². The highest BCUT2D eigenvalue weighted by Gasteiger charge is 2.30. The lowest BCUT2D eigenvalue weighted by Crippen LogP contribution is -2.31. The quantitative estimate of drug-likeness (QED) is 0.383. The molecule has 0 saturated heterocycles. The zero-order valence-electron chi connectivity index (χ0n) is 19.8. The molecule has 1 N–H and O–H groups in total. The number of hydrogen-bond donors (Lipinski definition) is 1. The number of esters is 1. The molecule has 9 heteroatoms. The van der Waals surface area contributed by atoms with Gasteiger partial charge in [0, 0.05) is 23.4 Å². The van der Waals surface area contributed by atoms with Gasteiger partial charge >= 0.3 is 11.9 Å². The first-order chi connectivity index (χ1) is 16.3. The van der Waals surface area contributed by atoms with Crippen LogP contribution < -0.4 is 5.43 Å². The van der Waals surface area contributed by atoms with Crippen molar-refractivity contribution in [3.63, 3.8) is 0 Å². The predicted molar refractivity (Wildman–Crippen MR) is 134 cm³/mol. The molecule has 3 aromatic rings. The molecule has 0 atom stereocenters. The minimum absolute atomic E-state index is 0.128. The normalized spacial score (nSPS) is 11.4. The first kappa shape index (κ1) is 26.4. The largest absolute Gasteiger partial charge is 0.478 e. The number of aromatic carboxylic acids is 1. The number of benzene rings is 2. The fourth-order valence-corrected chi connectivity index (χ4v) is 4.16. The summed E-state index contributed by atoms with van der Waals surface area (Å²) in [6, 6.07) is 7.86. The average Bonchev–Trinajstić information content (AvgIpc) is 2.75. The maximum absolute atomic E-state index is 14.9. The predicted octanol–water partition coefficient (Wildman–Crippen LogP) is 6.61. The number of carbonyl (C=O) groups excluding carboxylic acids is 1. The van der Waals surface area contributed by atoms with Gasteiger partial charge in [-0.25, -0.2) is 14.0 Å². The van der Waals surface area contributed by atoms with Crippen molar-refractivity contribution < 1.29 is 23.8 Å². The number of carboxylic acid groups (broad SMARTS) is 1.